The van der Waals surface area contributed by atoms with E-state index in [2.05, 4.69) is 4.98 Å². The Balaban J connectivity index is 2.18. The fourth-order valence-corrected chi connectivity index (χ4v) is 1.84. The Morgan fingerprint density at radius 1 is 1.38 bits per heavy atom. The number of rotatable bonds is 2. The van der Waals surface area contributed by atoms with Crippen LogP contribution >= 0.6 is 0 Å². The van der Waals surface area contributed by atoms with Gasteiger partial charge in [-0.05, 0) is 12.1 Å². The minimum atomic E-state index is -0.564. The van der Waals surface area contributed by atoms with Crippen LogP contribution in [0, 0.1) is 5.41 Å². The molecule has 0 aliphatic carbocycles. The van der Waals surface area contributed by atoms with E-state index >= 15 is 0 Å². The fraction of sp³-hybridized carbons (Fsp3) is 0.417. The summed E-state index contributed by atoms with van der Waals surface area (Å²) in [5, 5.41) is 0. The lowest BCUT2D eigenvalue weighted by molar-refractivity contribution is -0.141. The zero-order valence-electron chi connectivity index (χ0n) is 9.43. The molecule has 2 amide bonds. The summed E-state index contributed by atoms with van der Waals surface area (Å²) in [7, 11) is 0. The first-order valence-electron chi connectivity index (χ1n) is 5.25. The summed E-state index contributed by atoms with van der Waals surface area (Å²) in [6, 6.07) is 5.46. The second-order valence-electron chi connectivity index (χ2n) is 4.67. The number of likely N-dealkylation sites (tertiary alicyclic amines) is 1. The Morgan fingerprint density at radius 3 is 2.62 bits per heavy atom. The van der Waals surface area contributed by atoms with Crippen LogP contribution in [0.25, 0.3) is 0 Å². The maximum Gasteiger partial charge on any atom is 0.235 e. The van der Waals surface area contributed by atoms with Gasteiger partial charge >= 0.3 is 0 Å². The molecule has 2 rings (SSSR count). The van der Waals surface area contributed by atoms with Crippen molar-refractivity contribution in [3.05, 3.63) is 30.1 Å². The van der Waals surface area contributed by atoms with Gasteiger partial charge in [0.1, 0.15) is 0 Å². The third-order valence-electron chi connectivity index (χ3n) is 2.76. The molecule has 1 aliphatic heterocycles. The largest absolute Gasteiger partial charge is 0.276 e. The molecule has 1 aromatic heterocycles. The molecule has 0 atom stereocenters. The first-order valence-corrected chi connectivity index (χ1v) is 5.25. The standard InChI is InChI=1S/C12H14N2O2/c1-12(2)7-10(15)14(11(12)16)8-9-5-3-4-6-13-9/h3-6H,7-8H2,1-2H3. The Bertz CT molecular complexity index is 426. The number of carbonyl (C=O) groups excluding carboxylic acids is 2. The SMILES string of the molecule is CC1(C)CC(=O)N(Cc2ccccn2)C1=O. The van der Waals surface area contributed by atoms with Crippen molar-refractivity contribution in [2.75, 3.05) is 0 Å². The molecule has 4 heteroatoms. The summed E-state index contributed by atoms with van der Waals surface area (Å²) in [4.78, 5) is 29.0. The summed E-state index contributed by atoms with van der Waals surface area (Å²) in [5.74, 6) is -0.219. The van der Waals surface area contributed by atoms with E-state index in [1.165, 1.54) is 4.90 Å². The molecule has 0 aromatic carbocycles. The van der Waals surface area contributed by atoms with Gasteiger partial charge in [-0.15, -0.1) is 0 Å². The Hall–Kier alpha value is -1.71. The minimum Gasteiger partial charge on any atom is -0.276 e. The Kier molecular flexibility index (Phi) is 2.50. The lowest BCUT2D eigenvalue weighted by Gasteiger charge is -2.17. The average molecular weight is 218 g/mol. The first kappa shape index (κ1) is 10.8. The van der Waals surface area contributed by atoms with Crippen molar-refractivity contribution in [2.24, 2.45) is 5.41 Å². The van der Waals surface area contributed by atoms with Gasteiger partial charge in [-0.2, -0.15) is 0 Å². The fourth-order valence-electron chi connectivity index (χ4n) is 1.84. The van der Waals surface area contributed by atoms with E-state index in [1.807, 2.05) is 12.1 Å². The Labute approximate surface area is 94.3 Å². The summed E-state index contributed by atoms with van der Waals surface area (Å²) in [6.07, 6.45) is 1.95. The minimum absolute atomic E-state index is 0.108. The van der Waals surface area contributed by atoms with Crippen molar-refractivity contribution < 1.29 is 9.59 Å². The van der Waals surface area contributed by atoms with Gasteiger partial charge in [-0.3, -0.25) is 19.5 Å². The van der Waals surface area contributed by atoms with Crippen LogP contribution in [0.4, 0.5) is 0 Å². The zero-order chi connectivity index (χ0) is 11.8. The summed E-state index contributed by atoms with van der Waals surface area (Å²) < 4.78 is 0. The third-order valence-corrected chi connectivity index (χ3v) is 2.76. The highest BCUT2D eigenvalue weighted by molar-refractivity contribution is 6.05. The van der Waals surface area contributed by atoms with E-state index in [9.17, 15) is 9.59 Å². The van der Waals surface area contributed by atoms with Gasteiger partial charge < -0.3 is 0 Å². The smallest absolute Gasteiger partial charge is 0.235 e. The third kappa shape index (κ3) is 1.83. The molecule has 84 valence electrons. The second-order valence-corrected chi connectivity index (χ2v) is 4.67. The number of nitrogens with zero attached hydrogens (tertiary/aromatic N) is 2. The van der Waals surface area contributed by atoms with Crippen molar-refractivity contribution >= 4 is 11.8 Å². The molecule has 0 radical (unpaired) electrons. The lowest BCUT2D eigenvalue weighted by atomic mass is 9.92. The molecular formula is C12H14N2O2. The lowest BCUT2D eigenvalue weighted by Crippen LogP contribution is -2.32. The molecule has 1 fully saturated rings. The summed E-state index contributed by atoms with van der Waals surface area (Å²) in [5.41, 5.74) is 0.174. The van der Waals surface area contributed by atoms with Gasteiger partial charge in [0.15, 0.2) is 0 Å². The zero-order valence-corrected chi connectivity index (χ0v) is 9.43. The Morgan fingerprint density at radius 2 is 2.12 bits per heavy atom. The van der Waals surface area contributed by atoms with Crippen LogP contribution in [-0.2, 0) is 16.1 Å². The van der Waals surface area contributed by atoms with E-state index in [-0.39, 0.29) is 18.4 Å². The van der Waals surface area contributed by atoms with Crippen molar-refractivity contribution in [1.29, 1.82) is 0 Å². The number of imide groups is 1. The van der Waals surface area contributed by atoms with Crippen molar-refractivity contribution in [2.45, 2.75) is 26.8 Å². The summed E-state index contributed by atoms with van der Waals surface area (Å²) in [6.45, 7) is 3.87. The van der Waals surface area contributed by atoms with Crippen molar-refractivity contribution in [3.63, 3.8) is 0 Å². The molecule has 0 spiro atoms. The molecule has 0 unspecified atom stereocenters. The van der Waals surface area contributed by atoms with Crippen LogP contribution in [0.5, 0.6) is 0 Å². The molecule has 1 saturated heterocycles. The predicted octanol–water partition coefficient (Wildman–Crippen LogP) is 1.37. The van der Waals surface area contributed by atoms with E-state index in [0.717, 1.165) is 5.69 Å². The van der Waals surface area contributed by atoms with Gasteiger partial charge in [-0.1, -0.05) is 19.9 Å². The topological polar surface area (TPSA) is 50.3 Å². The highest BCUT2D eigenvalue weighted by Gasteiger charge is 2.44. The molecular weight excluding hydrogens is 204 g/mol. The number of aromatic nitrogens is 1. The van der Waals surface area contributed by atoms with Crippen molar-refractivity contribution in [3.8, 4) is 0 Å². The maximum atomic E-state index is 11.9. The van der Waals surface area contributed by atoms with E-state index in [1.54, 1.807) is 26.1 Å². The predicted molar refractivity (Wildman–Crippen MR) is 58.2 cm³/mol. The van der Waals surface area contributed by atoms with Crippen molar-refractivity contribution in [1.82, 2.24) is 9.88 Å². The molecule has 16 heavy (non-hydrogen) atoms. The average Bonchev–Trinajstić information content (AvgIpc) is 2.42. The molecule has 2 heterocycles. The number of amides is 2. The first-order chi connectivity index (χ1) is 7.50. The second kappa shape index (κ2) is 3.70. The number of hydrogen-bond acceptors (Lipinski definition) is 3. The molecule has 0 N–H and O–H groups in total. The molecule has 1 aliphatic rings. The van der Waals surface area contributed by atoms with Gasteiger partial charge in [0.05, 0.1) is 17.7 Å². The molecule has 0 bridgehead atoms. The quantitative estimate of drug-likeness (QED) is 0.704. The number of pyridine rings is 1. The van der Waals surface area contributed by atoms with Crippen LogP contribution in [-0.4, -0.2) is 21.7 Å². The van der Waals surface area contributed by atoms with E-state index < -0.39 is 5.41 Å². The molecule has 0 saturated carbocycles. The number of carbonyl (C=O) groups is 2. The highest BCUT2D eigenvalue weighted by atomic mass is 16.2. The highest BCUT2D eigenvalue weighted by Crippen LogP contribution is 2.32. The van der Waals surface area contributed by atoms with Gasteiger partial charge in [0, 0.05) is 12.6 Å². The van der Waals surface area contributed by atoms with Gasteiger partial charge in [-0.25, -0.2) is 0 Å². The molecule has 4 nitrogen and oxygen atoms in total. The number of hydrogen-bond donors (Lipinski definition) is 0. The van der Waals surface area contributed by atoms with Gasteiger partial charge in [0.25, 0.3) is 0 Å². The monoisotopic (exact) mass is 218 g/mol. The maximum absolute atomic E-state index is 11.9. The normalized spacial score (nSPS) is 19.2. The van der Waals surface area contributed by atoms with Crippen LogP contribution in [0.15, 0.2) is 24.4 Å². The summed E-state index contributed by atoms with van der Waals surface area (Å²) >= 11 is 0. The van der Waals surface area contributed by atoms with Crippen LogP contribution in [0.3, 0.4) is 0 Å². The van der Waals surface area contributed by atoms with Crippen LogP contribution in [0.2, 0.25) is 0 Å². The molecule has 1 aromatic rings. The van der Waals surface area contributed by atoms with E-state index in [0.29, 0.717) is 6.42 Å². The van der Waals surface area contributed by atoms with Crippen LogP contribution < -0.4 is 0 Å². The van der Waals surface area contributed by atoms with E-state index in [4.69, 9.17) is 0 Å². The van der Waals surface area contributed by atoms with Gasteiger partial charge in [0.2, 0.25) is 11.8 Å². The van der Waals surface area contributed by atoms with Crippen LogP contribution in [0.1, 0.15) is 26.0 Å².